The van der Waals surface area contributed by atoms with Crippen LogP contribution in [-0.4, -0.2) is 34.8 Å². The Morgan fingerprint density at radius 1 is 1.36 bits per heavy atom. The molecular formula is C16H23NO3S2. The molecule has 0 bridgehead atoms. The molecule has 0 saturated carbocycles. The molecule has 4 nitrogen and oxygen atoms in total. The van der Waals surface area contributed by atoms with Crippen molar-refractivity contribution < 1.29 is 14.3 Å². The molecule has 2 heterocycles. The molecule has 1 fully saturated rings. The lowest BCUT2D eigenvalue weighted by atomic mass is 10.0. The Morgan fingerprint density at radius 3 is 2.95 bits per heavy atom. The molecule has 0 aromatic carbocycles. The fourth-order valence-corrected chi connectivity index (χ4v) is 5.59. The molecule has 2 rings (SSSR count). The number of Topliss-reactive ketones (excluding diaryl/α,β-unsaturated/α-hetero) is 1. The van der Waals surface area contributed by atoms with Crippen molar-refractivity contribution in [3.8, 4) is 0 Å². The zero-order chi connectivity index (χ0) is 15.8. The van der Waals surface area contributed by atoms with E-state index in [9.17, 15) is 9.59 Å². The third kappa shape index (κ3) is 5.39. The van der Waals surface area contributed by atoms with E-state index in [1.54, 1.807) is 6.20 Å². The SMILES string of the molecule is COC(=O)CCc1[nH]ccc1C(=O)CCCCC1CCSS1. The normalized spacial score (nSPS) is 17.6. The van der Waals surface area contributed by atoms with Crippen LogP contribution in [0.4, 0.5) is 0 Å². The smallest absolute Gasteiger partial charge is 0.305 e. The van der Waals surface area contributed by atoms with Crippen LogP contribution in [0.1, 0.15) is 54.6 Å². The zero-order valence-corrected chi connectivity index (χ0v) is 14.6. The van der Waals surface area contributed by atoms with Gasteiger partial charge in [-0.05, 0) is 31.7 Å². The number of unbranched alkanes of at least 4 members (excludes halogenated alkanes) is 1. The number of aromatic amines is 1. The van der Waals surface area contributed by atoms with E-state index < -0.39 is 0 Å². The number of carbonyl (C=O) groups excluding carboxylic acids is 2. The number of ketones is 1. The molecule has 0 radical (unpaired) electrons. The second kappa shape index (κ2) is 9.30. The fourth-order valence-electron chi connectivity index (χ4n) is 2.56. The molecule has 6 heteroatoms. The van der Waals surface area contributed by atoms with Gasteiger partial charge in [-0.2, -0.15) is 0 Å². The Kier molecular flexibility index (Phi) is 7.39. The number of rotatable bonds is 9. The molecule has 22 heavy (non-hydrogen) atoms. The molecule has 1 aliphatic heterocycles. The lowest BCUT2D eigenvalue weighted by Gasteiger charge is -2.07. The Hall–Kier alpha value is -0.880. The fraction of sp³-hybridized carbons (Fsp3) is 0.625. The van der Waals surface area contributed by atoms with Gasteiger partial charge >= 0.3 is 5.97 Å². The van der Waals surface area contributed by atoms with Gasteiger partial charge in [0.25, 0.3) is 0 Å². The van der Waals surface area contributed by atoms with Crippen LogP contribution in [0.25, 0.3) is 0 Å². The second-order valence-electron chi connectivity index (χ2n) is 5.44. The lowest BCUT2D eigenvalue weighted by molar-refractivity contribution is -0.140. The van der Waals surface area contributed by atoms with Gasteiger partial charge in [0.1, 0.15) is 0 Å². The van der Waals surface area contributed by atoms with E-state index in [2.05, 4.69) is 9.72 Å². The minimum atomic E-state index is -0.250. The molecule has 0 spiro atoms. The van der Waals surface area contributed by atoms with Crippen molar-refractivity contribution in [1.82, 2.24) is 4.98 Å². The summed E-state index contributed by atoms with van der Waals surface area (Å²) in [7, 11) is 5.34. The molecule has 1 aliphatic rings. The first kappa shape index (κ1) is 17.5. The molecule has 1 aromatic rings. The number of hydrogen-bond donors (Lipinski definition) is 1. The summed E-state index contributed by atoms with van der Waals surface area (Å²) in [5.74, 6) is 1.19. The Morgan fingerprint density at radius 2 is 2.23 bits per heavy atom. The van der Waals surface area contributed by atoms with Crippen molar-refractivity contribution in [2.24, 2.45) is 0 Å². The average Bonchev–Trinajstić information content (AvgIpc) is 3.20. The minimum Gasteiger partial charge on any atom is -0.469 e. The highest BCUT2D eigenvalue weighted by atomic mass is 33.1. The van der Waals surface area contributed by atoms with Gasteiger partial charge in [0.2, 0.25) is 0 Å². The molecule has 1 unspecified atom stereocenters. The summed E-state index contributed by atoms with van der Waals surface area (Å²) in [4.78, 5) is 26.6. The monoisotopic (exact) mass is 341 g/mol. The highest BCUT2D eigenvalue weighted by Crippen LogP contribution is 2.39. The maximum atomic E-state index is 12.3. The summed E-state index contributed by atoms with van der Waals surface area (Å²) in [6, 6.07) is 1.82. The number of aryl methyl sites for hydroxylation is 1. The Balaban J connectivity index is 1.72. The highest BCUT2D eigenvalue weighted by molar-refractivity contribution is 8.77. The largest absolute Gasteiger partial charge is 0.469 e. The summed E-state index contributed by atoms with van der Waals surface area (Å²) in [6.45, 7) is 0. The predicted octanol–water partition coefficient (Wildman–Crippen LogP) is 4.02. The predicted molar refractivity (Wildman–Crippen MR) is 92.4 cm³/mol. The first-order valence-corrected chi connectivity index (χ1v) is 10.1. The van der Waals surface area contributed by atoms with E-state index in [4.69, 9.17) is 0 Å². The maximum absolute atomic E-state index is 12.3. The van der Waals surface area contributed by atoms with Crippen molar-refractivity contribution in [3.63, 3.8) is 0 Å². The van der Waals surface area contributed by atoms with Gasteiger partial charge in [-0.15, -0.1) is 0 Å². The van der Waals surface area contributed by atoms with Crippen LogP contribution in [0.5, 0.6) is 0 Å². The standard InChI is InChI=1S/C16H23NO3S2/c1-20-16(19)7-6-14-13(8-10-17-14)15(18)5-3-2-4-12-9-11-21-22-12/h8,10,12,17H,2-7,9,11H2,1H3. The number of ether oxygens (including phenoxy) is 1. The first-order chi connectivity index (χ1) is 10.7. The molecule has 1 atom stereocenters. The first-order valence-electron chi connectivity index (χ1n) is 7.75. The van der Waals surface area contributed by atoms with Gasteiger partial charge in [-0.1, -0.05) is 28.0 Å². The number of H-pyrrole nitrogens is 1. The van der Waals surface area contributed by atoms with E-state index in [0.717, 1.165) is 29.3 Å². The third-order valence-electron chi connectivity index (χ3n) is 3.85. The van der Waals surface area contributed by atoms with E-state index >= 15 is 0 Å². The van der Waals surface area contributed by atoms with Crippen LogP contribution in [0, 0.1) is 0 Å². The quantitative estimate of drug-likeness (QED) is 0.318. The topological polar surface area (TPSA) is 59.2 Å². The molecule has 0 amide bonds. The number of carbonyl (C=O) groups is 2. The number of nitrogens with one attached hydrogen (secondary N) is 1. The summed E-state index contributed by atoms with van der Waals surface area (Å²) in [5.41, 5.74) is 1.58. The number of aromatic nitrogens is 1. The second-order valence-corrected chi connectivity index (χ2v) is 8.23. The Labute approximate surface area is 139 Å². The molecule has 0 aliphatic carbocycles. The number of hydrogen-bond acceptors (Lipinski definition) is 5. The van der Waals surface area contributed by atoms with Crippen molar-refractivity contribution in [2.75, 3.05) is 12.9 Å². The Bertz CT molecular complexity index is 495. The highest BCUT2D eigenvalue weighted by Gasteiger charge is 2.17. The van der Waals surface area contributed by atoms with Crippen LogP contribution >= 0.6 is 21.6 Å². The van der Waals surface area contributed by atoms with Crippen molar-refractivity contribution in [2.45, 2.75) is 50.2 Å². The third-order valence-corrected chi connectivity index (χ3v) is 6.85. The van der Waals surface area contributed by atoms with E-state index in [1.165, 1.54) is 25.7 Å². The van der Waals surface area contributed by atoms with Gasteiger partial charge < -0.3 is 9.72 Å². The van der Waals surface area contributed by atoms with E-state index in [1.807, 2.05) is 27.7 Å². The van der Waals surface area contributed by atoms with Crippen LogP contribution in [-0.2, 0) is 16.0 Å². The van der Waals surface area contributed by atoms with Gasteiger partial charge in [0, 0.05) is 34.9 Å². The molecular weight excluding hydrogens is 318 g/mol. The summed E-state index contributed by atoms with van der Waals surface area (Å²) in [6.07, 6.45) is 7.77. The molecule has 1 saturated heterocycles. The number of esters is 1. The van der Waals surface area contributed by atoms with Gasteiger partial charge in [0.15, 0.2) is 5.78 Å². The van der Waals surface area contributed by atoms with E-state index in [0.29, 0.717) is 19.3 Å². The van der Waals surface area contributed by atoms with Crippen molar-refractivity contribution >= 4 is 33.3 Å². The lowest BCUT2D eigenvalue weighted by Crippen LogP contribution is -2.06. The van der Waals surface area contributed by atoms with Crippen molar-refractivity contribution in [1.29, 1.82) is 0 Å². The van der Waals surface area contributed by atoms with Gasteiger partial charge in [-0.25, -0.2) is 0 Å². The van der Waals surface area contributed by atoms with Crippen LogP contribution in [0.2, 0.25) is 0 Å². The molecule has 122 valence electrons. The molecule has 1 N–H and O–H groups in total. The van der Waals surface area contributed by atoms with Gasteiger partial charge in [-0.3, -0.25) is 9.59 Å². The molecule has 1 aromatic heterocycles. The average molecular weight is 341 g/mol. The maximum Gasteiger partial charge on any atom is 0.305 e. The summed E-state index contributed by atoms with van der Waals surface area (Å²) in [5, 5.41) is 0.781. The number of methoxy groups -OCH3 is 1. The summed E-state index contributed by atoms with van der Waals surface area (Å²) < 4.78 is 4.64. The van der Waals surface area contributed by atoms with Crippen LogP contribution in [0.3, 0.4) is 0 Å². The summed E-state index contributed by atoms with van der Waals surface area (Å²) >= 11 is 0. The van der Waals surface area contributed by atoms with E-state index in [-0.39, 0.29) is 11.8 Å². The zero-order valence-electron chi connectivity index (χ0n) is 12.9. The van der Waals surface area contributed by atoms with Crippen molar-refractivity contribution in [3.05, 3.63) is 23.5 Å². The van der Waals surface area contributed by atoms with Crippen LogP contribution < -0.4 is 0 Å². The van der Waals surface area contributed by atoms with Gasteiger partial charge in [0.05, 0.1) is 13.5 Å². The van der Waals surface area contributed by atoms with Crippen LogP contribution in [0.15, 0.2) is 12.3 Å². The minimum absolute atomic E-state index is 0.176.